The van der Waals surface area contributed by atoms with Crippen LogP contribution in [0.1, 0.15) is 25.7 Å². The van der Waals surface area contributed by atoms with Gasteiger partial charge in [-0.2, -0.15) is 0 Å². The van der Waals surface area contributed by atoms with Crippen LogP contribution in [0.2, 0.25) is 0 Å². The largest absolute Gasteiger partial charge is 0.302 e. The van der Waals surface area contributed by atoms with Crippen LogP contribution in [0.15, 0.2) is 28.2 Å². The van der Waals surface area contributed by atoms with Gasteiger partial charge in [0.15, 0.2) is 5.65 Å². The first kappa shape index (κ1) is 10.6. The molecular formula is C11H12BrN3S. The van der Waals surface area contributed by atoms with E-state index < -0.39 is 0 Å². The molecule has 0 aliphatic heterocycles. The lowest BCUT2D eigenvalue weighted by atomic mass is 10.4. The van der Waals surface area contributed by atoms with E-state index in [-0.39, 0.29) is 0 Å². The van der Waals surface area contributed by atoms with E-state index in [1.54, 1.807) is 0 Å². The molecule has 0 atom stereocenters. The molecule has 0 spiro atoms. The topological polar surface area (TPSA) is 30.2 Å². The zero-order valence-electron chi connectivity index (χ0n) is 8.77. The molecule has 0 unspecified atom stereocenters. The van der Waals surface area contributed by atoms with E-state index in [2.05, 4.69) is 25.9 Å². The second-order valence-corrected chi connectivity index (χ2v) is 6.15. The van der Waals surface area contributed by atoms with Crippen LogP contribution < -0.4 is 0 Å². The highest BCUT2D eigenvalue weighted by Gasteiger charge is 2.19. The molecule has 0 bridgehead atoms. The van der Waals surface area contributed by atoms with Crippen LogP contribution in [0.4, 0.5) is 0 Å². The van der Waals surface area contributed by atoms with Crippen molar-refractivity contribution in [2.75, 3.05) is 0 Å². The third kappa shape index (κ3) is 1.98. The number of aromatic nitrogens is 3. The summed E-state index contributed by atoms with van der Waals surface area (Å²) in [6.07, 6.45) is 11.1. The van der Waals surface area contributed by atoms with E-state index in [0.717, 1.165) is 20.5 Å². The second-order valence-electron chi connectivity index (χ2n) is 4.05. The molecule has 0 radical (unpaired) electrons. The predicted molar refractivity (Wildman–Crippen MR) is 68.8 cm³/mol. The van der Waals surface area contributed by atoms with Crippen molar-refractivity contribution in [3.8, 4) is 0 Å². The van der Waals surface area contributed by atoms with E-state index >= 15 is 0 Å². The average molecular weight is 298 g/mol. The van der Waals surface area contributed by atoms with Crippen molar-refractivity contribution in [2.24, 2.45) is 0 Å². The summed E-state index contributed by atoms with van der Waals surface area (Å²) in [5.41, 5.74) is 0.972. The maximum absolute atomic E-state index is 4.53. The summed E-state index contributed by atoms with van der Waals surface area (Å²) in [5.74, 6) is 0. The second kappa shape index (κ2) is 4.37. The summed E-state index contributed by atoms with van der Waals surface area (Å²) in [4.78, 5) is 8.89. The highest BCUT2D eigenvalue weighted by Crippen LogP contribution is 2.35. The Bertz CT molecular complexity index is 505. The quantitative estimate of drug-likeness (QED) is 0.849. The lowest BCUT2D eigenvalue weighted by Gasteiger charge is -2.08. The molecule has 3 nitrogen and oxygen atoms in total. The first-order chi connectivity index (χ1) is 7.83. The van der Waals surface area contributed by atoms with E-state index in [1.165, 1.54) is 25.7 Å². The van der Waals surface area contributed by atoms with Crippen LogP contribution in [-0.2, 0) is 0 Å². The first-order valence-corrected chi connectivity index (χ1v) is 7.16. The first-order valence-electron chi connectivity index (χ1n) is 5.49. The third-order valence-electron chi connectivity index (χ3n) is 2.89. The maximum Gasteiger partial charge on any atom is 0.169 e. The highest BCUT2D eigenvalue weighted by molar-refractivity contribution is 9.10. The van der Waals surface area contributed by atoms with Crippen LogP contribution in [0.5, 0.6) is 0 Å². The Morgan fingerprint density at radius 1 is 1.38 bits per heavy atom. The molecule has 0 amide bonds. The molecule has 0 N–H and O–H groups in total. The summed E-state index contributed by atoms with van der Waals surface area (Å²) in [6, 6.07) is 0. The van der Waals surface area contributed by atoms with Crippen molar-refractivity contribution in [1.29, 1.82) is 0 Å². The van der Waals surface area contributed by atoms with E-state index in [9.17, 15) is 0 Å². The summed E-state index contributed by atoms with van der Waals surface area (Å²) >= 11 is 5.32. The number of fused-ring (bicyclic) bond motifs is 1. The number of rotatable bonds is 2. The molecular weight excluding hydrogens is 286 g/mol. The molecule has 16 heavy (non-hydrogen) atoms. The Morgan fingerprint density at radius 3 is 3.00 bits per heavy atom. The highest BCUT2D eigenvalue weighted by atomic mass is 79.9. The third-order valence-corrected chi connectivity index (χ3v) is 4.58. The molecule has 2 aromatic heterocycles. The summed E-state index contributed by atoms with van der Waals surface area (Å²) in [6.45, 7) is 0. The van der Waals surface area contributed by atoms with Crippen LogP contribution >= 0.6 is 27.7 Å². The van der Waals surface area contributed by atoms with E-state index in [1.807, 2.05) is 34.8 Å². The number of hydrogen-bond donors (Lipinski definition) is 0. The Kier molecular flexibility index (Phi) is 2.90. The van der Waals surface area contributed by atoms with Gasteiger partial charge in [-0.3, -0.25) is 0 Å². The number of hydrogen-bond acceptors (Lipinski definition) is 3. The standard InChI is InChI=1S/C11H12BrN3S/c12-9-7-15-6-5-13-10(15)11(14-9)16-8-3-1-2-4-8/h5-8H,1-4H2. The molecule has 1 aliphatic carbocycles. The Balaban J connectivity index is 1.97. The zero-order valence-corrected chi connectivity index (χ0v) is 11.2. The smallest absolute Gasteiger partial charge is 0.169 e. The minimum atomic E-state index is 0.724. The molecule has 1 fully saturated rings. The molecule has 2 heterocycles. The monoisotopic (exact) mass is 297 g/mol. The zero-order chi connectivity index (χ0) is 11.0. The molecule has 2 aromatic rings. The summed E-state index contributed by atoms with van der Waals surface area (Å²) in [5, 5.41) is 1.77. The van der Waals surface area contributed by atoms with Crippen LogP contribution in [0.3, 0.4) is 0 Å². The fourth-order valence-corrected chi connectivity index (χ4v) is 3.93. The summed E-state index contributed by atoms with van der Waals surface area (Å²) in [7, 11) is 0. The molecule has 1 aliphatic rings. The predicted octanol–water partition coefficient (Wildman–Crippen LogP) is 3.53. The Morgan fingerprint density at radius 2 is 2.19 bits per heavy atom. The molecule has 5 heteroatoms. The minimum Gasteiger partial charge on any atom is -0.302 e. The number of nitrogens with zero attached hydrogens (tertiary/aromatic N) is 3. The van der Waals surface area contributed by atoms with Gasteiger partial charge < -0.3 is 4.40 Å². The molecule has 84 valence electrons. The fourth-order valence-electron chi connectivity index (χ4n) is 2.12. The van der Waals surface area contributed by atoms with Crippen molar-refractivity contribution in [3.05, 3.63) is 23.2 Å². The lowest BCUT2D eigenvalue weighted by Crippen LogP contribution is -1.98. The number of imidazole rings is 1. The van der Waals surface area contributed by atoms with Gasteiger partial charge in [-0.05, 0) is 28.8 Å². The van der Waals surface area contributed by atoms with Crippen LogP contribution in [-0.4, -0.2) is 19.6 Å². The normalized spacial score (nSPS) is 17.3. The van der Waals surface area contributed by atoms with E-state index in [4.69, 9.17) is 0 Å². The van der Waals surface area contributed by atoms with Crippen molar-refractivity contribution in [3.63, 3.8) is 0 Å². The van der Waals surface area contributed by atoms with Gasteiger partial charge in [0.05, 0.1) is 0 Å². The summed E-state index contributed by atoms with van der Waals surface area (Å²) < 4.78 is 2.90. The van der Waals surface area contributed by atoms with Crippen molar-refractivity contribution < 1.29 is 0 Å². The van der Waals surface area contributed by atoms with Gasteiger partial charge in [-0.25, -0.2) is 9.97 Å². The molecule has 1 saturated carbocycles. The van der Waals surface area contributed by atoms with E-state index in [0.29, 0.717) is 0 Å². The molecule has 0 aromatic carbocycles. The SMILES string of the molecule is Brc1cn2ccnc2c(SC2CCCC2)n1. The van der Waals surface area contributed by atoms with Crippen LogP contribution in [0.25, 0.3) is 5.65 Å². The van der Waals surface area contributed by atoms with Gasteiger partial charge >= 0.3 is 0 Å². The minimum absolute atomic E-state index is 0.724. The van der Waals surface area contributed by atoms with Gasteiger partial charge in [-0.15, -0.1) is 0 Å². The van der Waals surface area contributed by atoms with Gasteiger partial charge in [-0.1, -0.05) is 24.6 Å². The Labute approximate surface area is 107 Å². The maximum atomic E-state index is 4.53. The van der Waals surface area contributed by atoms with Gasteiger partial charge in [0, 0.05) is 23.8 Å². The number of halogens is 1. The average Bonchev–Trinajstić information content (AvgIpc) is 2.87. The van der Waals surface area contributed by atoms with Crippen molar-refractivity contribution >= 4 is 33.3 Å². The Hall–Kier alpha value is -0.550. The lowest BCUT2D eigenvalue weighted by molar-refractivity contribution is 0.886. The van der Waals surface area contributed by atoms with Gasteiger partial charge in [0.2, 0.25) is 0 Å². The number of thioether (sulfide) groups is 1. The van der Waals surface area contributed by atoms with Crippen LogP contribution in [0, 0.1) is 0 Å². The van der Waals surface area contributed by atoms with Gasteiger partial charge in [0.25, 0.3) is 0 Å². The van der Waals surface area contributed by atoms with Crippen molar-refractivity contribution in [2.45, 2.75) is 36.0 Å². The van der Waals surface area contributed by atoms with Gasteiger partial charge in [0.1, 0.15) is 9.63 Å². The molecule has 3 rings (SSSR count). The van der Waals surface area contributed by atoms with Crippen molar-refractivity contribution in [1.82, 2.24) is 14.4 Å². The molecule has 0 saturated heterocycles. The fraction of sp³-hybridized carbons (Fsp3) is 0.455.